The molecule has 10 nitrogen and oxygen atoms in total. The van der Waals surface area contributed by atoms with E-state index < -0.39 is 0 Å². The van der Waals surface area contributed by atoms with Gasteiger partial charge in [-0.05, 0) is 37.3 Å². The third-order valence-electron chi connectivity index (χ3n) is 7.00. The van der Waals surface area contributed by atoms with Crippen LogP contribution in [0.3, 0.4) is 0 Å². The zero-order chi connectivity index (χ0) is 20.4. The van der Waals surface area contributed by atoms with Crippen LogP contribution < -0.4 is 10.3 Å². The number of carbonyl (C=O) groups excluding carboxylic acids is 1. The molecule has 0 spiro atoms. The highest BCUT2D eigenvalue weighted by molar-refractivity contribution is 6.28. The van der Waals surface area contributed by atoms with Gasteiger partial charge in [0.15, 0.2) is 0 Å². The fourth-order valence-electron chi connectivity index (χ4n) is 5.68. The third kappa shape index (κ3) is 2.52. The first-order valence-corrected chi connectivity index (χ1v) is 11.1. The maximum atomic E-state index is 12.0. The summed E-state index contributed by atoms with van der Waals surface area (Å²) in [4.78, 5) is 20.4. The summed E-state index contributed by atoms with van der Waals surface area (Å²) in [6.07, 6.45) is 10.3. The van der Waals surface area contributed by atoms with Gasteiger partial charge in [0.05, 0.1) is 18.4 Å². The molecule has 11 heteroatoms. The van der Waals surface area contributed by atoms with Crippen LogP contribution in [-0.4, -0.2) is 54.0 Å². The maximum absolute atomic E-state index is 12.0. The Labute approximate surface area is 178 Å². The normalized spacial score (nSPS) is 29.9. The smallest absolute Gasteiger partial charge is 0.252 e. The molecular weight excluding hydrogens is 406 g/mol. The molecule has 2 aromatic heterocycles. The van der Waals surface area contributed by atoms with Crippen LogP contribution in [-0.2, 0) is 4.79 Å². The number of rotatable bonds is 1. The topological polar surface area (TPSA) is 96.5 Å². The monoisotopic (exact) mass is 429 g/mol. The Hall–Kier alpha value is -2.62. The van der Waals surface area contributed by atoms with Crippen molar-refractivity contribution in [3.8, 4) is 0 Å². The standard InChI is InChI=1S/C19H24ClN9O/c1-11(30)26-8-4-7-15(26)13-10-27(25-22-13)19-24-23-17-12-5-2-3-6-14(12)28-16(29(17)19)9-21-18(28)20/h9-10,12,14-15,17,23H,2-8H2,1H3. The summed E-state index contributed by atoms with van der Waals surface area (Å²) in [7, 11) is 0. The number of carbonyl (C=O) groups is 1. The second kappa shape index (κ2) is 6.69. The highest BCUT2D eigenvalue weighted by Gasteiger charge is 2.48. The summed E-state index contributed by atoms with van der Waals surface area (Å²) < 4.78 is 3.85. The number of nitrogens with zero attached hydrogens (tertiary/aromatic N) is 8. The quantitative estimate of drug-likeness (QED) is 0.745. The lowest BCUT2D eigenvalue weighted by atomic mass is 9.80. The highest BCUT2D eigenvalue weighted by Crippen LogP contribution is 2.46. The third-order valence-corrected chi connectivity index (χ3v) is 7.28. The van der Waals surface area contributed by atoms with E-state index in [2.05, 4.69) is 35.3 Å². The minimum Gasteiger partial charge on any atom is -0.334 e. The van der Waals surface area contributed by atoms with Crippen LogP contribution in [0, 0.1) is 5.92 Å². The molecule has 3 aliphatic heterocycles. The molecule has 1 amide bonds. The van der Waals surface area contributed by atoms with Gasteiger partial charge in [-0.15, -0.1) is 10.2 Å². The minimum absolute atomic E-state index is 0.0222. The number of fused-ring (bicyclic) bond motifs is 6. The molecule has 0 aromatic carbocycles. The fourth-order valence-corrected chi connectivity index (χ4v) is 5.94. The Morgan fingerprint density at radius 2 is 2.10 bits per heavy atom. The van der Waals surface area contributed by atoms with E-state index in [1.165, 1.54) is 12.8 Å². The Morgan fingerprint density at radius 1 is 1.23 bits per heavy atom. The van der Waals surface area contributed by atoms with Crippen molar-refractivity contribution in [3.05, 3.63) is 23.4 Å². The van der Waals surface area contributed by atoms with E-state index in [0.29, 0.717) is 23.2 Å². The van der Waals surface area contributed by atoms with Crippen molar-refractivity contribution in [1.29, 1.82) is 0 Å². The summed E-state index contributed by atoms with van der Waals surface area (Å²) in [5.41, 5.74) is 4.14. The molecule has 1 saturated heterocycles. The first kappa shape index (κ1) is 18.2. The van der Waals surface area contributed by atoms with Crippen LogP contribution in [0.2, 0.25) is 5.28 Å². The molecule has 2 fully saturated rings. The van der Waals surface area contributed by atoms with Crippen LogP contribution in [0.1, 0.15) is 63.2 Å². The SMILES string of the molecule is CC(=O)N1CCCC1c1cn(C2=NNC3C4CCCCC4n4c(cnc4Cl)N23)nn1. The molecule has 158 valence electrons. The van der Waals surface area contributed by atoms with Crippen molar-refractivity contribution in [1.82, 2.24) is 34.9 Å². The van der Waals surface area contributed by atoms with E-state index in [-0.39, 0.29) is 18.1 Å². The van der Waals surface area contributed by atoms with Gasteiger partial charge in [-0.2, -0.15) is 4.68 Å². The summed E-state index contributed by atoms with van der Waals surface area (Å²) in [6.45, 7) is 2.38. The van der Waals surface area contributed by atoms with Gasteiger partial charge in [0.1, 0.15) is 17.7 Å². The van der Waals surface area contributed by atoms with E-state index in [1.807, 2.05) is 17.3 Å². The zero-order valence-electron chi connectivity index (χ0n) is 16.8. The zero-order valence-corrected chi connectivity index (χ0v) is 17.5. The average Bonchev–Trinajstić information content (AvgIpc) is 3.52. The molecule has 5 heterocycles. The second-order valence-corrected chi connectivity index (χ2v) is 8.92. The van der Waals surface area contributed by atoms with Gasteiger partial charge in [-0.3, -0.25) is 19.7 Å². The van der Waals surface area contributed by atoms with Gasteiger partial charge in [-0.25, -0.2) is 4.98 Å². The highest BCUT2D eigenvalue weighted by atomic mass is 35.5. The van der Waals surface area contributed by atoms with Gasteiger partial charge in [-0.1, -0.05) is 18.1 Å². The number of hydrogen-bond acceptors (Lipinski definition) is 7. The molecule has 2 aromatic rings. The van der Waals surface area contributed by atoms with Crippen molar-refractivity contribution in [2.45, 2.75) is 63.7 Å². The molecular formula is C19H24ClN9O. The fraction of sp³-hybridized carbons (Fsp3) is 0.632. The van der Waals surface area contributed by atoms with E-state index in [9.17, 15) is 4.79 Å². The lowest BCUT2D eigenvalue weighted by molar-refractivity contribution is -0.129. The Kier molecular flexibility index (Phi) is 4.06. The van der Waals surface area contributed by atoms with Gasteiger partial charge in [0.25, 0.3) is 5.96 Å². The first-order chi connectivity index (χ1) is 14.6. The average molecular weight is 430 g/mol. The molecule has 1 N–H and O–H groups in total. The predicted octanol–water partition coefficient (Wildman–Crippen LogP) is 2.11. The van der Waals surface area contributed by atoms with E-state index in [1.54, 1.807) is 11.6 Å². The molecule has 1 aliphatic carbocycles. The van der Waals surface area contributed by atoms with Crippen LogP contribution in [0.5, 0.6) is 0 Å². The van der Waals surface area contributed by atoms with Crippen LogP contribution >= 0.6 is 11.6 Å². The molecule has 1 saturated carbocycles. The molecule has 4 aliphatic rings. The van der Waals surface area contributed by atoms with Crippen molar-refractivity contribution < 1.29 is 4.79 Å². The minimum atomic E-state index is -0.0222. The Bertz CT molecular complexity index is 1030. The maximum Gasteiger partial charge on any atom is 0.252 e. The lowest BCUT2D eigenvalue weighted by Crippen LogP contribution is -2.54. The molecule has 0 bridgehead atoms. The van der Waals surface area contributed by atoms with Crippen molar-refractivity contribution >= 4 is 29.3 Å². The van der Waals surface area contributed by atoms with Crippen LogP contribution in [0.15, 0.2) is 17.5 Å². The van der Waals surface area contributed by atoms with Crippen molar-refractivity contribution in [2.24, 2.45) is 11.0 Å². The summed E-state index contributed by atoms with van der Waals surface area (Å²) in [5, 5.41) is 13.9. The van der Waals surface area contributed by atoms with E-state index in [4.69, 9.17) is 11.6 Å². The molecule has 6 rings (SSSR count). The number of likely N-dealkylation sites (tertiary alicyclic amines) is 1. The van der Waals surface area contributed by atoms with E-state index >= 15 is 0 Å². The molecule has 4 atom stereocenters. The van der Waals surface area contributed by atoms with Crippen LogP contribution in [0.25, 0.3) is 0 Å². The van der Waals surface area contributed by atoms with Gasteiger partial charge in [0, 0.05) is 25.4 Å². The number of halogens is 1. The Morgan fingerprint density at radius 3 is 2.97 bits per heavy atom. The summed E-state index contributed by atoms with van der Waals surface area (Å²) in [5.74, 6) is 2.06. The van der Waals surface area contributed by atoms with Gasteiger partial charge in [0.2, 0.25) is 11.2 Å². The molecule has 0 radical (unpaired) electrons. The number of hydrazone groups is 1. The number of nitrogens with one attached hydrogen (secondary N) is 1. The second-order valence-electron chi connectivity index (χ2n) is 8.59. The van der Waals surface area contributed by atoms with E-state index in [0.717, 1.165) is 43.7 Å². The van der Waals surface area contributed by atoms with Gasteiger partial charge >= 0.3 is 0 Å². The number of anilines is 1. The number of imidazole rings is 1. The van der Waals surface area contributed by atoms with Gasteiger partial charge < -0.3 is 4.90 Å². The number of aromatic nitrogens is 5. The molecule has 4 unspecified atom stereocenters. The first-order valence-electron chi connectivity index (χ1n) is 10.7. The number of hydrogen-bond donors (Lipinski definition) is 1. The Balaban J connectivity index is 1.36. The number of amides is 1. The van der Waals surface area contributed by atoms with Crippen LogP contribution in [0.4, 0.5) is 5.82 Å². The van der Waals surface area contributed by atoms with Crippen molar-refractivity contribution in [2.75, 3.05) is 11.4 Å². The largest absolute Gasteiger partial charge is 0.334 e. The van der Waals surface area contributed by atoms with Crippen molar-refractivity contribution in [3.63, 3.8) is 0 Å². The predicted molar refractivity (Wildman–Crippen MR) is 110 cm³/mol. The molecule has 30 heavy (non-hydrogen) atoms. The lowest BCUT2D eigenvalue weighted by Gasteiger charge is -2.45. The summed E-state index contributed by atoms with van der Waals surface area (Å²) in [6, 6.07) is 0.312. The summed E-state index contributed by atoms with van der Waals surface area (Å²) >= 11 is 6.49.